The Bertz CT molecular complexity index is 520. The van der Waals surface area contributed by atoms with E-state index in [2.05, 4.69) is 33.2 Å². The number of amides is 2. The summed E-state index contributed by atoms with van der Waals surface area (Å²) in [6, 6.07) is -2.91. The van der Waals surface area contributed by atoms with Crippen molar-refractivity contribution in [1.82, 2.24) is 20.6 Å². The van der Waals surface area contributed by atoms with E-state index in [1.807, 2.05) is 0 Å². The maximum atomic E-state index is 12.1. The molecule has 3 atom stereocenters. The van der Waals surface area contributed by atoms with Crippen LogP contribution in [0.15, 0.2) is 12.5 Å². The van der Waals surface area contributed by atoms with E-state index in [-0.39, 0.29) is 12.2 Å². The van der Waals surface area contributed by atoms with Gasteiger partial charge in [-0.15, -0.1) is 0 Å². The van der Waals surface area contributed by atoms with Gasteiger partial charge in [-0.3, -0.25) is 9.59 Å². The molecule has 9 nitrogen and oxygen atoms in total. The Kier molecular flexibility index (Phi) is 6.86. The number of aromatic nitrogens is 2. The lowest BCUT2D eigenvalue weighted by Gasteiger charge is -2.20. The Morgan fingerprint density at radius 1 is 1.36 bits per heavy atom. The van der Waals surface area contributed by atoms with Gasteiger partial charge in [0.25, 0.3) is 0 Å². The SMILES string of the molecule is C[C@H](N)C(=O)N[C@@H](CS)C(=O)N[C@@H](Cc1c[nH]cn1)C(=O)O. The molecule has 0 saturated carbocycles. The second-order valence-electron chi connectivity index (χ2n) is 4.70. The number of nitrogens with zero attached hydrogens (tertiary/aromatic N) is 1. The largest absolute Gasteiger partial charge is 0.480 e. The Morgan fingerprint density at radius 3 is 2.45 bits per heavy atom. The summed E-state index contributed by atoms with van der Waals surface area (Å²) < 4.78 is 0. The highest BCUT2D eigenvalue weighted by Gasteiger charge is 2.26. The van der Waals surface area contributed by atoms with Crippen molar-refractivity contribution in [3.63, 3.8) is 0 Å². The minimum atomic E-state index is -1.20. The summed E-state index contributed by atoms with van der Waals surface area (Å²) in [4.78, 5) is 41.4. The van der Waals surface area contributed by atoms with Gasteiger partial charge in [-0.05, 0) is 6.92 Å². The number of carboxylic acid groups (broad SMARTS) is 1. The molecule has 0 aliphatic rings. The number of thiol groups is 1. The maximum Gasteiger partial charge on any atom is 0.326 e. The summed E-state index contributed by atoms with van der Waals surface area (Å²) in [5, 5.41) is 13.9. The topological polar surface area (TPSA) is 150 Å². The summed E-state index contributed by atoms with van der Waals surface area (Å²) in [7, 11) is 0. The number of carbonyl (C=O) groups excluding carboxylic acids is 2. The average molecular weight is 329 g/mol. The maximum absolute atomic E-state index is 12.1. The van der Waals surface area contributed by atoms with Crippen molar-refractivity contribution in [2.24, 2.45) is 5.73 Å². The third-order valence-electron chi connectivity index (χ3n) is 2.81. The molecule has 0 fully saturated rings. The minimum absolute atomic E-state index is 0.0129. The number of aliphatic carboxylic acids is 1. The minimum Gasteiger partial charge on any atom is -0.480 e. The number of hydrogen-bond donors (Lipinski definition) is 6. The molecule has 0 saturated heterocycles. The first-order chi connectivity index (χ1) is 10.3. The molecule has 1 heterocycles. The van der Waals surface area contributed by atoms with E-state index in [0.717, 1.165) is 0 Å². The summed E-state index contributed by atoms with van der Waals surface area (Å²) in [5.41, 5.74) is 5.90. The number of aromatic amines is 1. The lowest BCUT2D eigenvalue weighted by Crippen LogP contribution is -2.55. The molecule has 22 heavy (non-hydrogen) atoms. The standard InChI is InChI=1S/C12H19N5O4S/c1-6(13)10(18)17-9(4-22)11(19)16-8(12(20)21)2-7-3-14-5-15-7/h3,5-6,8-9,22H,2,4,13H2,1H3,(H,14,15)(H,16,19)(H,17,18)(H,20,21)/t6-,8-,9-/m0/s1. The zero-order chi connectivity index (χ0) is 16.7. The number of imidazole rings is 1. The van der Waals surface area contributed by atoms with E-state index >= 15 is 0 Å². The number of carboxylic acids is 1. The van der Waals surface area contributed by atoms with Crippen molar-refractivity contribution in [3.8, 4) is 0 Å². The number of rotatable bonds is 8. The first kappa shape index (κ1) is 18.0. The Labute approximate surface area is 132 Å². The normalized spacial score (nSPS) is 14.7. The van der Waals surface area contributed by atoms with Crippen LogP contribution >= 0.6 is 12.6 Å². The van der Waals surface area contributed by atoms with Crippen LogP contribution in [0.2, 0.25) is 0 Å². The van der Waals surface area contributed by atoms with Crippen LogP contribution < -0.4 is 16.4 Å². The first-order valence-electron chi connectivity index (χ1n) is 6.52. The van der Waals surface area contributed by atoms with Crippen molar-refractivity contribution >= 4 is 30.4 Å². The Balaban J connectivity index is 2.68. The van der Waals surface area contributed by atoms with Crippen LogP contribution in [0, 0.1) is 0 Å². The molecule has 0 unspecified atom stereocenters. The monoisotopic (exact) mass is 329 g/mol. The van der Waals surface area contributed by atoms with Gasteiger partial charge in [0.15, 0.2) is 0 Å². The molecule has 0 aliphatic heterocycles. The van der Waals surface area contributed by atoms with Crippen molar-refractivity contribution in [3.05, 3.63) is 18.2 Å². The molecule has 0 spiro atoms. The van der Waals surface area contributed by atoms with E-state index in [0.29, 0.717) is 5.69 Å². The quantitative estimate of drug-likeness (QED) is 0.312. The van der Waals surface area contributed by atoms with Crippen LogP contribution in [0.3, 0.4) is 0 Å². The fourth-order valence-electron chi connectivity index (χ4n) is 1.58. The predicted molar refractivity (Wildman–Crippen MR) is 81.3 cm³/mol. The molecule has 1 aromatic heterocycles. The number of H-pyrrole nitrogens is 1. The van der Waals surface area contributed by atoms with E-state index in [1.54, 1.807) is 0 Å². The highest BCUT2D eigenvalue weighted by atomic mass is 32.1. The fourth-order valence-corrected chi connectivity index (χ4v) is 1.84. The van der Waals surface area contributed by atoms with Crippen LogP contribution in [0.4, 0.5) is 0 Å². The molecule has 0 aliphatic carbocycles. The molecule has 0 aromatic carbocycles. The van der Waals surface area contributed by atoms with Gasteiger partial charge in [0.2, 0.25) is 11.8 Å². The van der Waals surface area contributed by atoms with Crippen molar-refractivity contribution in [1.29, 1.82) is 0 Å². The van der Waals surface area contributed by atoms with E-state index < -0.39 is 35.9 Å². The number of nitrogens with one attached hydrogen (secondary N) is 3. The van der Waals surface area contributed by atoms with Gasteiger partial charge in [-0.25, -0.2) is 9.78 Å². The van der Waals surface area contributed by atoms with Gasteiger partial charge in [0.05, 0.1) is 18.1 Å². The van der Waals surface area contributed by atoms with E-state index in [9.17, 15) is 14.4 Å². The third-order valence-corrected chi connectivity index (χ3v) is 3.18. The van der Waals surface area contributed by atoms with Crippen LogP contribution in [0.1, 0.15) is 12.6 Å². The molecule has 0 bridgehead atoms. The molecule has 1 aromatic rings. The van der Waals surface area contributed by atoms with E-state index in [4.69, 9.17) is 10.8 Å². The van der Waals surface area contributed by atoms with Gasteiger partial charge in [0.1, 0.15) is 12.1 Å². The van der Waals surface area contributed by atoms with Gasteiger partial charge in [-0.1, -0.05) is 0 Å². The van der Waals surface area contributed by atoms with E-state index in [1.165, 1.54) is 19.4 Å². The van der Waals surface area contributed by atoms with Crippen molar-refractivity contribution in [2.45, 2.75) is 31.5 Å². The van der Waals surface area contributed by atoms with Crippen LogP contribution in [0.25, 0.3) is 0 Å². The average Bonchev–Trinajstić information content (AvgIpc) is 2.96. The van der Waals surface area contributed by atoms with Crippen LogP contribution in [-0.4, -0.2) is 56.7 Å². The van der Waals surface area contributed by atoms with Crippen LogP contribution in [-0.2, 0) is 20.8 Å². The molecular weight excluding hydrogens is 310 g/mol. The smallest absolute Gasteiger partial charge is 0.326 e. The number of hydrogen-bond acceptors (Lipinski definition) is 6. The summed E-state index contributed by atoms with van der Waals surface area (Å²) in [6.07, 6.45) is 2.97. The lowest BCUT2D eigenvalue weighted by atomic mass is 10.1. The number of carbonyl (C=O) groups is 3. The zero-order valence-electron chi connectivity index (χ0n) is 11.9. The summed E-state index contributed by atoms with van der Waals surface area (Å²) >= 11 is 3.98. The Hall–Kier alpha value is -2.07. The molecule has 1 rings (SSSR count). The van der Waals surface area contributed by atoms with Gasteiger partial charge in [0, 0.05) is 18.4 Å². The Morgan fingerprint density at radius 2 is 2.00 bits per heavy atom. The van der Waals surface area contributed by atoms with Gasteiger partial charge < -0.3 is 26.5 Å². The second-order valence-corrected chi connectivity index (χ2v) is 5.06. The molecule has 10 heteroatoms. The lowest BCUT2D eigenvalue weighted by molar-refractivity contribution is -0.142. The predicted octanol–water partition coefficient (Wildman–Crippen LogP) is -1.72. The first-order valence-corrected chi connectivity index (χ1v) is 7.16. The zero-order valence-corrected chi connectivity index (χ0v) is 12.8. The molecule has 122 valence electrons. The molecule has 0 radical (unpaired) electrons. The second kappa shape index (κ2) is 8.39. The van der Waals surface area contributed by atoms with Crippen molar-refractivity contribution in [2.75, 3.05) is 5.75 Å². The van der Waals surface area contributed by atoms with Gasteiger partial charge >= 0.3 is 5.97 Å². The van der Waals surface area contributed by atoms with Gasteiger partial charge in [-0.2, -0.15) is 12.6 Å². The molecular formula is C12H19N5O4S. The van der Waals surface area contributed by atoms with Crippen molar-refractivity contribution < 1.29 is 19.5 Å². The third kappa shape index (κ3) is 5.37. The number of nitrogens with two attached hydrogens (primary N) is 1. The molecule has 2 amide bonds. The van der Waals surface area contributed by atoms with Crippen LogP contribution in [0.5, 0.6) is 0 Å². The fraction of sp³-hybridized carbons (Fsp3) is 0.500. The highest BCUT2D eigenvalue weighted by molar-refractivity contribution is 7.80. The summed E-state index contributed by atoms with van der Waals surface area (Å²) in [6.45, 7) is 1.47. The highest BCUT2D eigenvalue weighted by Crippen LogP contribution is 2.00. The summed E-state index contributed by atoms with van der Waals surface area (Å²) in [5.74, 6) is -2.35. The molecule has 6 N–H and O–H groups in total.